The van der Waals surface area contributed by atoms with E-state index in [2.05, 4.69) is 10.6 Å². The largest absolute Gasteiger partial charge is 0.493 e. The van der Waals surface area contributed by atoms with E-state index in [4.69, 9.17) is 15.2 Å². The van der Waals surface area contributed by atoms with Crippen molar-refractivity contribution in [1.29, 1.82) is 0 Å². The molecule has 0 aromatic heterocycles. The molecule has 4 N–H and O–H groups in total. The maximum absolute atomic E-state index is 12.5. The molecule has 1 unspecified atom stereocenters. The molecule has 0 aliphatic carbocycles. The zero-order valence-corrected chi connectivity index (χ0v) is 15.9. The molecule has 1 rings (SSSR count). The Hall–Kier alpha value is -2.28. The summed E-state index contributed by atoms with van der Waals surface area (Å²) in [4.78, 5) is 24.9. The van der Waals surface area contributed by atoms with Crippen molar-refractivity contribution < 1.29 is 19.1 Å². The van der Waals surface area contributed by atoms with Gasteiger partial charge in [0.15, 0.2) is 11.5 Å². The molecule has 0 aliphatic heterocycles. The minimum atomic E-state index is -0.601. The summed E-state index contributed by atoms with van der Waals surface area (Å²) in [7, 11) is 2.98. The number of benzene rings is 1. The number of amides is 2. The van der Waals surface area contributed by atoms with E-state index in [0.717, 1.165) is 0 Å². The van der Waals surface area contributed by atoms with Crippen LogP contribution in [0.4, 0.5) is 5.69 Å². The van der Waals surface area contributed by atoms with Crippen LogP contribution in [0.5, 0.6) is 11.5 Å². The summed E-state index contributed by atoms with van der Waals surface area (Å²) >= 11 is 0. The fraction of sp³-hybridized carbons (Fsp3) is 0.556. The van der Waals surface area contributed by atoms with E-state index in [9.17, 15) is 9.59 Å². The molecule has 0 spiro atoms. The van der Waals surface area contributed by atoms with Gasteiger partial charge < -0.3 is 25.8 Å². The monoisotopic (exact) mass is 351 g/mol. The van der Waals surface area contributed by atoms with Gasteiger partial charge in [-0.1, -0.05) is 20.8 Å². The summed E-state index contributed by atoms with van der Waals surface area (Å²) in [6.07, 6.45) is 0.655. The topological polar surface area (TPSA) is 103 Å². The molecule has 2 amide bonds. The lowest BCUT2D eigenvalue weighted by molar-refractivity contribution is -0.123. The predicted molar refractivity (Wildman–Crippen MR) is 98.2 cm³/mol. The fourth-order valence-electron chi connectivity index (χ4n) is 1.99. The van der Waals surface area contributed by atoms with Crippen LogP contribution in [0.1, 0.15) is 44.5 Å². The molecule has 0 radical (unpaired) electrons. The minimum Gasteiger partial charge on any atom is -0.493 e. The Bertz CT molecular complexity index is 621. The Kier molecular flexibility index (Phi) is 7.23. The van der Waals surface area contributed by atoms with E-state index in [0.29, 0.717) is 35.7 Å². The number of rotatable bonds is 7. The van der Waals surface area contributed by atoms with Crippen LogP contribution in [0.25, 0.3) is 0 Å². The third-order valence-corrected chi connectivity index (χ3v) is 3.58. The van der Waals surface area contributed by atoms with E-state index >= 15 is 0 Å². The van der Waals surface area contributed by atoms with E-state index in [1.54, 1.807) is 32.9 Å². The molecular weight excluding hydrogens is 322 g/mol. The van der Waals surface area contributed by atoms with Crippen molar-refractivity contribution in [2.24, 2.45) is 11.1 Å². The molecule has 1 aromatic rings. The summed E-state index contributed by atoms with van der Waals surface area (Å²) in [6, 6.07) is 3.13. The average Bonchev–Trinajstić information content (AvgIpc) is 2.52. The number of methoxy groups -OCH3 is 2. The lowest BCUT2D eigenvalue weighted by atomic mass is 9.95. The maximum Gasteiger partial charge on any atom is 0.253 e. The first-order valence-electron chi connectivity index (χ1n) is 8.21. The van der Waals surface area contributed by atoms with Crippen LogP contribution in [0, 0.1) is 5.41 Å². The molecule has 1 atom stereocenters. The van der Waals surface area contributed by atoms with Crippen molar-refractivity contribution in [1.82, 2.24) is 5.32 Å². The zero-order valence-electron chi connectivity index (χ0n) is 15.9. The standard InChI is InChI=1S/C18H29N3O4/c1-11(19)7-8-20-16(22)12-9-14(24-5)15(25-6)10-13(12)21-17(23)18(2,3)4/h9-11H,7-8,19H2,1-6H3,(H,20,22)(H,21,23). The van der Waals surface area contributed by atoms with Crippen LogP contribution in [0.2, 0.25) is 0 Å². The van der Waals surface area contributed by atoms with Crippen LogP contribution < -0.4 is 25.8 Å². The first-order valence-corrected chi connectivity index (χ1v) is 8.21. The average molecular weight is 351 g/mol. The van der Waals surface area contributed by atoms with Gasteiger partial charge in [0.05, 0.1) is 25.5 Å². The number of ether oxygens (including phenoxy) is 2. The van der Waals surface area contributed by atoms with Crippen molar-refractivity contribution in [2.75, 3.05) is 26.1 Å². The van der Waals surface area contributed by atoms with Gasteiger partial charge in [0, 0.05) is 24.1 Å². The normalized spacial score (nSPS) is 12.3. The molecule has 7 nitrogen and oxygen atoms in total. The van der Waals surface area contributed by atoms with Crippen LogP contribution in [-0.2, 0) is 4.79 Å². The molecule has 0 bridgehead atoms. The van der Waals surface area contributed by atoms with Gasteiger partial charge >= 0.3 is 0 Å². The van der Waals surface area contributed by atoms with Crippen molar-refractivity contribution in [3.05, 3.63) is 17.7 Å². The summed E-state index contributed by atoms with van der Waals surface area (Å²) < 4.78 is 10.5. The zero-order chi connectivity index (χ0) is 19.2. The summed E-state index contributed by atoms with van der Waals surface area (Å²) in [6.45, 7) is 7.71. The van der Waals surface area contributed by atoms with Crippen LogP contribution in [-0.4, -0.2) is 38.6 Å². The molecule has 7 heteroatoms. The number of nitrogens with two attached hydrogens (primary N) is 1. The van der Waals surface area contributed by atoms with Gasteiger partial charge in [-0.05, 0) is 19.4 Å². The molecule has 25 heavy (non-hydrogen) atoms. The van der Waals surface area contributed by atoms with Gasteiger partial charge in [-0.15, -0.1) is 0 Å². The van der Waals surface area contributed by atoms with Crippen LogP contribution in [0.15, 0.2) is 12.1 Å². The Morgan fingerprint density at radius 2 is 1.72 bits per heavy atom. The van der Waals surface area contributed by atoms with Gasteiger partial charge in [0.25, 0.3) is 5.91 Å². The maximum atomic E-state index is 12.5. The Labute approximate surface area is 149 Å². The van der Waals surface area contributed by atoms with Crippen LogP contribution >= 0.6 is 0 Å². The van der Waals surface area contributed by atoms with Gasteiger partial charge in [-0.3, -0.25) is 9.59 Å². The van der Waals surface area contributed by atoms with E-state index in [1.807, 2.05) is 6.92 Å². The molecule has 0 aliphatic rings. The van der Waals surface area contributed by atoms with Crippen molar-refractivity contribution >= 4 is 17.5 Å². The lowest BCUT2D eigenvalue weighted by Gasteiger charge is -2.20. The number of nitrogens with one attached hydrogen (secondary N) is 2. The second-order valence-electron chi connectivity index (χ2n) is 6.98. The van der Waals surface area contributed by atoms with Gasteiger partial charge in [-0.25, -0.2) is 0 Å². The quantitative estimate of drug-likeness (QED) is 0.698. The van der Waals surface area contributed by atoms with Crippen molar-refractivity contribution in [2.45, 2.75) is 40.2 Å². The van der Waals surface area contributed by atoms with Gasteiger partial charge in [-0.2, -0.15) is 0 Å². The highest BCUT2D eigenvalue weighted by Gasteiger charge is 2.24. The molecule has 1 aromatic carbocycles. The first-order chi connectivity index (χ1) is 11.6. The number of hydrogen-bond acceptors (Lipinski definition) is 5. The smallest absolute Gasteiger partial charge is 0.253 e. The molecule has 0 saturated carbocycles. The van der Waals surface area contributed by atoms with E-state index in [-0.39, 0.29) is 17.9 Å². The van der Waals surface area contributed by atoms with E-state index in [1.165, 1.54) is 14.2 Å². The third-order valence-electron chi connectivity index (χ3n) is 3.58. The number of hydrogen-bond donors (Lipinski definition) is 3. The Balaban J connectivity index is 3.18. The highest BCUT2D eigenvalue weighted by molar-refractivity contribution is 6.05. The molecule has 140 valence electrons. The van der Waals surface area contributed by atoms with Gasteiger partial charge in [0.2, 0.25) is 5.91 Å². The minimum absolute atomic E-state index is 0.00855. The third kappa shape index (κ3) is 5.94. The highest BCUT2D eigenvalue weighted by Crippen LogP contribution is 2.34. The van der Waals surface area contributed by atoms with Gasteiger partial charge in [0.1, 0.15) is 0 Å². The SMILES string of the molecule is COc1cc(NC(=O)C(C)(C)C)c(C(=O)NCCC(C)N)cc1OC. The number of carbonyl (C=O) groups excluding carboxylic acids is 2. The number of carbonyl (C=O) groups is 2. The summed E-state index contributed by atoms with van der Waals surface area (Å²) in [5, 5.41) is 5.60. The van der Waals surface area contributed by atoms with E-state index < -0.39 is 5.41 Å². The summed E-state index contributed by atoms with van der Waals surface area (Å²) in [5.74, 6) is 0.322. The second-order valence-corrected chi connectivity index (χ2v) is 6.98. The van der Waals surface area contributed by atoms with Crippen LogP contribution in [0.3, 0.4) is 0 Å². The predicted octanol–water partition coefficient (Wildman–Crippen LogP) is 2.16. The number of anilines is 1. The first kappa shape index (κ1) is 20.8. The van der Waals surface area contributed by atoms with Crippen molar-refractivity contribution in [3.8, 4) is 11.5 Å². The van der Waals surface area contributed by atoms with Crippen molar-refractivity contribution in [3.63, 3.8) is 0 Å². The molecule has 0 saturated heterocycles. The lowest BCUT2D eigenvalue weighted by Crippen LogP contribution is -2.31. The second kappa shape index (κ2) is 8.71. The summed E-state index contributed by atoms with van der Waals surface area (Å²) in [5.41, 5.74) is 5.78. The Morgan fingerprint density at radius 3 is 2.20 bits per heavy atom. The Morgan fingerprint density at radius 1 is 1.16 bits per heavy atom. The highest BCUT2D eigenvalue weighted by atomic mass is 16.5. The molecule has 0 fully saturated rings. The molecule has 0 heterocycles. The fourth-order valence-corrected chi connectivity index (χ4v) is 1.99. The molecular formula is C18H29N3O4.